The lowest BCUT2D eigenvalue weighted by atomic mass is 9.95. The number of benzene rings is 2. The highest BCUT2D eigenvalue weighted by molar-refractivity contribution is 9.10. The summed E-state index contributed by atoms with van der Waals surface area (Å²) in [5.41, 5.74) is 0.257. The van der Waals surface area contributed by atoms with Crippen LogP contribution in [0.15, 0.2) is 56.5 Å². The Morgan fingerprint density at radius 3 is 2.60 bits per heavy atom. The lowest BCUT2D eigenvalue weighted by Crippen LogP contribution is -2.44. The van der Waals surface area contributed by atoms with E-state index in [-0.39, 0.29) is 24.1 Å². The van der Waals surface area contributed by atoms with Crippen molar-refractivity contribution in [3.05, 3.63) is 72.8 Å². The summed E-state index contributed by atoms with van der Waals surface area (Å²) in [5.74, 6) is -0.363. The van der Waals surface area contributed by atoms with Gasteiger partial charge >= 0.3 is 5.69 Å². The summed E-state index contributed by atoms with van der Waals surface area (Å²) in [6.07, 6.45) is 4.68. The number of hydrogen-bond donors (Lipinski definition) is 1. The van der Waals surface area contributed by atoms with Crippen molar-refractivity contribution in [1.82, 2.24) is 9.13 Å². The third-order valence-corrected chi connectivity index (χ3v) is 6.21. The highest BCUT2D eigenvalue weighted by Crippen LogP contribution is 2.27. The first-order valence-corrected chi connectivity index (χ1v) is 11.1. The molecule has 1 N–H and O–H groups in total. The van der Waals surface area contributed by atoms with Crippen LogP contribution in [0.3, 0.4) is 0 Å². The van der Waals surface area contributed by atoms with Crippen molar-refractivity contribution in [1.29, 1.82) is 0 Å². The van der Waals surface area contributed by atoms with Crippen LogP contribution in [0.1, 0.15) is 38.1 Å². The zero-order valence-corrected chi connectivity index (χ0v) is 18.6. The van der Waals surface area contributed by atoms with Gasteiger partial charge in [0.05, 0.1) is 10.9 Å². The molecule has 0 atom stereocenters. The summed E-state index contributed by atoms with van der Waals surface area (Å²) >= 11 is 9.39. The third kappa shape index (κ3) is 4.23. The van der Waals surface area contributed by atoms with Crippen molar-refractivity contribution in [2.75, 3.05) is 5.32 Å². The van der Waals surface area contributed by atoms with Gasteiger partial charge < -0.3 is 5.32 Å². The average Bonchev–Trinajstić information content (AvgIpc) is 2.72. The molecular formula is C22H21BrClN3O3. The van der Waals surface area contributed by atoms with Crippen LogP contribution in [0.25, 0.3) is 10.9 Å². The molecule has 0 radical (unpaired) electrons. The summed E-state index contributed by atoms with van der Waals surface area (Å²) in [7, 11) is 0. The molecule has 1 saturated carbocycles. The Kier molecular flexibility index (Phi) is 6.11. The molecule has 156 valence electrons. The number of halogens is 2. The minimum absolute atomic E-state index is 0.135. The van der Waals surface area contributed by atoms with E-state index in [9.17, 15) is 14.4 Å². The Morgan fingerprint density at radius 2 is 1.87 bits per heavy atom. The molecule has 30 heavy (non-hydrogen) atoms. The molecular weight excluding hydrogens is 470 g/mol. The van der Waals surface area contributed by atoms with Gasteiger partial charge in [-0.25, -0.2) is 4.79 Å². The second-order valence-corrected chi connectivity index (χ2v) is 8.91. The molecule has 1 heterocycles. The second kappa shape index (κ2) is 8.78. The van der Waals surface area contributed by atoms with Crippen LogP contribution in [0.2, 0.25) is 5.02 Å². The van der Waals surface area contributed by atoms with Crippen LogP contribution in [0.4, 0.5) is 5.69 Å². The monoisotopic (exact) mass is 489 g/mol. The van der Waals surface area contributed by atoms with E-state index in [0.29, 0.717) is 21.6 Å². The van der Waals surface area contributed by atoms with Gasteiger partial charge in [0, 0.05) is 21.2 Å². The van der Waals surface area contributed by atoms with Gasteiger partial charge in [-0.15, -0.1) is 0 Å². The van der Waals surface area contributed by atoms with Crippen molar-refractivity contribution in [2.45, 2.75) is 44.7 Å². The SMILES string of the molecule is O=C(Cn1c(=O)n(C2CCCCC2)c(=O)c2cc(Br)ccc21)Nc1cccc(Cl)c1. The van der Waals surface area contributed by atoms with Crippen LogP contribution < -0.4 is 16.6 Å². The summed E-state index contributed by atoms with van der Waals surface area (Å²) in [5, 5.41) is 3.70. The molecule has 0 unspecified atom stereocenters. The Labute approximate surface area is 186 Å². The topological polar surface area (TPSA) is 73.1 Å². The maximum Gasteiger partial charge on any atom is 0.332 e. The van der Waals surface area contributed by atoms with Crippen LogP contribution in [-0.4, -0.2) is 15.0 Å². The van der Waals surface area contributed by atoms with Crippen molar-refractivity contribution >= 4 is 50.0 Å². The molecule has 1 aliphatic carbocycles. The van der Waals surface area contributed by atoms with E-state index in [0.717, 1.165) is 36.6 Å². The first-order valence-electron chi connectivity index (χ1n) is 9.94. The first kappa shape index (κ1) is 20.9. The van der Waals surface area contributed by atoms with Gasteiger partial charge in [-0.3, -0.25) is 18.7 Å². The fraction of sp³-hybridized carbons (Fsp3) is 0.318. The van der Waals surface area contributed by atoms with E-state index >= 15 is 0 Å². The number of fused-ring (bicyclic) bond motifs is 1. The minimum Gasteiger partial charge on any atom is -0.324 e. The molecule has 0 spiro atoms. The van der Waals surface area contributed by atoms with Crippen LogP contribution in [-0.2, 0) is 11.3 Å². The number of aromatic nitrogens is 2. The van der Waals surface area contributed by atoms with E-state index in [4.69, 9.17) is 11.6 Å². The normalized spacial score (nSPS) is 14.7. The highest BCUT2D eigenvalue weighted by Gasteiger charge is 2.23. The van der Waals surface area contributed by atoms with Gasteiger partial charge in [-0.05, 0) is 49.2 Å². The van der Waals surface area contributed by atoms with E-state index in [1.54, 1.807) is 42.5 Å². The van der Waals surface area contributed by atoms with Crippen molar-refractivity contribution in [3.63, 3.8) is 0 Å². The Bertz CT molecular complexity index is 1230. The predicted molar refractivity (Wildman–Crippen MR) is 122 cm³/mol. The number of hydrogen-bond acceptors (Lipinski definition) is 3. The minimum atomic E-state index is -0.442. The van der Waals surface area contributed by atoms with Gasteiger partial charge in [0.25, 0.3) is 5.56 Å². The number of amides is 1. The van der Waals surface area contributed by atoms with Crippen LogP contribution in [0, 0.1) is 0 Å². The standard InChI is InChI=1S/C22H21BrClN3O3/c23-14-9-10-19-18(11-14)21(29)27(17-7-2-1-3-8-17)22(30)26(19)13-20(28)25-16-6-4-5-15(24)12-16/h4-6,9-12,17H,1-3,7-8,13H2,(H,25,28). The number of nitrogens with one attached hydrogen (secondary N) is 1. The molecule has 1 aromatic heterocycles. The molecule has 0 aliphatic heterocycles. The summed E-state index contributed by atoms with van der Waals surface area (Å²) in [6, 6.07) is 11.8. The summed E-state index contributed by atoms with van der Waals surface area (Å²) in [4.78, 5) is 39.2. The largest absolute Gasteiger partial charge is 0.332 e. The number of carbonyl (C=O) groups is 1. The van der Waals surface area contributed by atoms with Crippen LogP contribution in [0.5, 0.6) is 0 Å². The molecule has 0 bridgehead atoms. The van der Waals surface area contributed by atoms with Gasteiger partial charge in [-0.1, -0.05) is 52.9 Å². The molecule has 6 nitrogen and oxygen atoms in total. The summed E-state index contributed by atoms with van der Waals surface area (Å²) in [6.45, 7) is -0.198. The quantitative estimate of drug-likeness (QED) is 0.575. The Hall–Kier alpha value is -2.38. The molecule has 4 rings (SSSR count). The van der Waals surface area contributed by atoms with Gasteiger partial charge in [-0.2, -0.15) is 0 Å². The zero-order chi connectivity index (χ0) is 21.3. The smallest absolute Gasteiger partial charge is 0.324 e. The van der Waals surface area contributed by atoms with E-state index in [1.165, 1.54) is 9.13 Å². The zero-order valence-electron chi connectivity index (χ0n) is 16.2. The van der Waals surface area contributed by atoms with E-state index in [2.05, 4.69) is 21.2 Å². The molecule has 1 fully saturated rings. The molecule has 2 aromatic carbocycles. The van der Waals surface area contributed by atoms with Gasteiger partial charge in [0.15, 0.2) is 0 Å². The van der Waals surface area contributed by atoms with Gasteiger partial charge in [0.2, 0.25) is 5.91 Å². The van der Waals surface area contributed by atoms with Gasteiger partial charge in [0.1, 0.15) is 6.54 Å². The Morgan fingerprint density at radius 1 is 1.10 bits per heavy atom. The maximum atomic E-state index is 13.3. The second-order valence-electron chi connectivity index (χ2n) is 7.56. The lowest BCUT2D eigenvalue weighted by Gasteiger charge is -2.24. The fourth-order valence-electron chi connectivity index (χ4n) is 4.09. The number of rotatable bonds is 4. The maximum absolute atomic E-state index is 13.3. The summed E-state index contributed by atoms with van der Waals surface area (Å²) < 4.78 is 3.48. The molecule has 0 saturated heterocycles. The van der Waals surface area contributed by atoms with Crippen molar-refractivity contribution in [3.8, 4) is 0 Å². The van der Waals surface area contributed by atoms with E-state index < -0.39 is 5.69 Å². The predicted octanol–water partition coefficient (Wildman–Crippen LogP) is 4.72. The van der Waals surface area contributed by atoms with Crippen molar-refractivity contribution in [2.24, 2.45) is 0 Å². The number of anilines is 1. The number of nitrogens with zero attached hydrogens (tertiary/aromatic N) is 2. The fourth-order valence-corrected chi connectivity index (χ4v) is 4.64. The lowest BCUT2D eigenvalue weighted by molar-refractivity contribution is -0.116. The van der Waals surface area contributed by atoms with E-state index in [1.807, 2.05) is 0 Å². The Balaban J connectivity index is 1.78. The third-order valence-electron chi connectivity index (χ3n) is 5.49. The molecule has 3 aromatic rings. The first-order chi connectivity index (χ1) is 14.4. The highest BCUT2D eigenvalue weighted by atomic mass is 79.9. The molecule has 8 heteroatoms. The number of carbonyl (C=O) groups excluding carboxylic acids is 1. The molecule has 1 aliphatic rings. The molecule has 1 amide bonds. The average molecular weight is 491 g/mol. The van der Waals surface area contributed by atoms with Crippen LogP contribution >= 0.6 is 27.5 Å². The van der Waals surface area contributed by atoms with Crippen molar-refractivity contribution < 1.29 is 4.79 Å².